The van der Waals surface area contributed by atoms with E-state index in [1.165, 1.54) is 83.6 Å². The zero-order chi connectivity index (χ0) is 13.8. The third kappa shape index (κ3) is 10.4. The molecule has 114 valence electrons. The number of hydrogen-bond donors (Lipinski definition) is 2. The van der Waals surface area contributed by atoms with Crippen LogP contribution in [0.5, 0.6) is 0 Å². The first-order chi connectivity index (χ1) is 9.36. The van der Waals surface area contributed by atoms with Crippen LogP contribution in [-0.2, 0) is 0 Å². The highest BCUT2D eigenvalue weighted by atomic mass is 14.9. The van der Waals surface area contributed by atoms with Gasteiger partial charge in [0.05, 0.1) is 0 Å². The van der Waals surface area contributed by atoms with E-state index in [1.807, 2.05) is 0 Å². The van der Waals surface area contributed by atoms with Gasteiger partial charge in [0.2, 0.25) is 0 Å². The topological polar surface area (TPSA) is 38.0 Å². The van der Waals surface area contributed by atoms with Gasteiger partial charge in [-0.2, -0.15) is 0 Å². The fourth-order valence-corrected chi connectivity index (χ4v) is 2.75. The molecule has 0 amide bonds. The Hall–Kier alpha value is -0.0800. The maximum absolute atomic E-state index is 5.85. The molecule has 0 aliphatic heterocycles. The summed E-state index contributed by atoms with van der Waals surface area (Å²) in [5, 5.41) is 3.64. The molecule has 0 heterocycles. The molecule has 0 spiro atoms. The SMILES string of the molecule is CCCCCCCCCC(CN)NCCCC1CC1. The van der Waals surface area contributed by atoms with Crippen LogP contribution in [0.25, 0.3) is 0 Å². The van der Waals surface area contributed by atoms with Crippen LogP contribution in [0.3, 0.4) is 0 Å². The maximum Gasteiger partial charge on any atom is 0.0190 e. The van der Waals surface area contributed by atoms with Gasteiger partial charge in [-0.15, -0.1) is 0 Å². The van der Waals surface area contributed by atoms with E-state index in [0.29, 0.717) is 6.04 Å². The van der Waals surface area contributed by atoms with E-state index in [1.54, 1.807) is 0 Å². The minimum atomic E-state index is 0.565. The van der Waals surface area contributed by atoms with Crippen LogP contribution >= 0.6 is 0 Å². The molecular weight excluding hydrogens is 232 g/mol. The van der Waals surface area contributed by atoms with Gasteiger partial charge in [0.1, 0.15) is 0 Å². The molecule has 3 N–H and O–H groups in total. The first-order valence-electron chi connectivity index (χ1n) is 8.80. The molecule has 0 bridgehead atoms. The van der Waals surface area contributed by atoms with E-state index >= 15 is 0 Å². The van der Waals surface area contributed by atoms with Crippen molar-refractivity contribution in [3.05, 3.63) is 0 Å². The van der Waals surface area contributed by atoms with Gasteiger partial charge in [0.25, 0.3) is 0 Å². The molecule has 1 fully saturated rings. The summed E-state index contributed by atoms with van der Waals surface area (Å²) in [7, 11) is 0. The number of nitrogens with one attached hydrogen (secondary N) is 1. The van der Waals surface area contributed by atoms with Gasteiger partial charge in [-0.1, -0.05) is 64.7 Å². The van der Waals surface area contributed by atoms with Crippen LogP contribution in [0.15, 0.2) is 0 Å². The first-order valence-corrected chi connectivity index (χ1v) is 8.80. The summed E-state index contributed by atoms with van der Waals surface area (Å²) >= 11 is 0. The van der Waals surface area contributed by atoms with Gasteiger partial charge in [0.15, 0.2) is 0 Å². The summed E-state index contributed by atoms with van der Waals surface area (Å²) in [6.07, 6.45) is 16.8. The predicted molar refractivity (Wildman–Crippen MR) is 85.4 cm³/mol. The van der Waals surface area contributed by atoms with Crippen LogP contribution < -0.4 is 11.1 Å². The lowest BCUT2D eigenvalue weighted by Crippen LogP contribution is -2.36. The van der Waals surface area contributed by atoms with Gasteiger partial charge in [-0.05, 0) is 31.7 Å². The summed E-state index contributed by atoms with van der Waals surface area (Å²) in [6, 6.07) is 0.565. The number of unbranched alkanes of at least 4 members (excludes halogenated alkanes) is 6. The largest absolute Gasteiger partial charge is 0.329 e. The molecule has 1 aliphatic carbocycles. The Labute approximate surface area is 120 Å². The Morgan fingerprint density at radius 1 is 1.00 bits per heavy atom. The van der Waals surface area contributed by atoms with E-state index in [0.717, 1.165) is 12.5 Å². The van der Waals surface area contributed by atoms with Crippen molar-refractivity contribution in [3.8, 4) is 0 Å². The zero-order valence-electron chi connectivity index (χ0n) is 13.1. The number of rotatable bonds is 14. The molecule has 0 saturated heterocycles. The van der Waals surface area contributed by atoms with Crippen molar-refractivity contribution in [1.29, 1.82) is 0 Å². The van der Waals surface area contributed by atoms with Crippen LogP contribution in [0, 0.1) is 5.92 Å². The van der Waals surface area contributed by atoms with E-state index in [9.17, 15) is 0 Å². The maximum atomic E-state index is 5.85. The van der Waals surface area contributed by atoms with E-state index < -0.39 is 0 Å². The Balaban J connectivity index is 1.83. The molecule has 1 aliphatic rings. The summed E-state index contributed by atoms with van der Waals surface area (Å²) in [5.74, 6) is 1.07. The average molecular weight is 268 g/mol. The third-order valence-electron chi connectivity index (χ3n) is 4.36. The van der Waals surface area contributed by atoms with E-state index in [2.05, 4.69) is 12.2 Å². The van der Waals surface area contributed by atoms with Gasteiger partial charge in [0, 0.05) is 12.6 Å². The molecule has 2 nitrogen and oxygen atoms in total. The van der Waals surface area contributed by atoms with Crippen molar-refractivity contribution in [2.75, 3.05) is 13.1 Å². The molecule has 1 unspecified atom stereocenters. The Morgan fingerprint density at radius 2 is 1.68 bits per heavy atom. The van der Waals surface area contributed by atoms with Crippen molar-refractivity contribution < 1.29 is 0 Å². The second kappa shape index (κ2) is 11.7. The Morgan fingerprint density at radius 3 is 2.32 bits per heavy atom. The summed E-state index contributed by atoms with van der Waals surface area (Å²) in [5.41, 5.74) is 5.85. The average Bonchev–Trinajstić information content (AvgIpc) is 3.24. The van der Waals surface area contributed by atoms with Gasteiger partial charge < -0.3 is 11.1 Å². The molecule has 0 aromatic heterocycles. The van der Waals surface area contributed by atoms with E-state index in [-0.39, 0.29) is 0 Å². The van der Waals surface area contributed by atoms with Crippen LogP contribution in [-0.4, -0.2) is 19.1 Å². The molecular formula is C17H36N2. The van der Waals surface area contributed by atoms with Crippen molar-refractivity contribution in [1.82, 2.24) is 5.32 Å². The van der Waals surface area contributed by atoms with Gasteiger partial charge in [-0.3, -0.25) is 0 Å². The Kier molecular flexibility index (Phi) is 10.5. The normalized spacial score (nSPS) is 16.7. The van der Waals surface area contributed by atoms with Crippen LogP contribution in [0.1, 0.15) is 84.0 Å². The summed E-state index contributed by atoms with van der Waals surface area (Å²) in [4.78, 5) is 0. The molecule has 0 aromatic carbocycles. The fourth-order valence-electron chi connectivity index (χ4n) is 2.75. The smallest absolute Gasteiger partial charge is 0.0190 e. The standard InChI is InChI=1S/C17H36N2/c1-2-3-4-5-6-7-8-11-17(15-18)19-14-9-10-16-12-13-16/h16-17,19H,2-15,18H2,1H3. The lowest BCUT2D eigenvalue weighted by molar-refractivity contribution is 0.447. The minimum Gasteiger partial charge on any atom is -0.329 e. The fraction of sp³-hybridized carbons (Fsp3) is 1.00. The van der Waals surface area contributed by atoms with Crippen molar-refractivity contribution in [3.63, 3.8) is 0 Å². The van der Waals surface area contributed by atoms with Gasteiger partial charge >= 0.3 is 0 Å². The van der Waals surface area contributed by atoms with E-state index in [4.69, 9.17) is 5.73 Å². The summed E-state index contributed by atoms with van der Waals surface area (Å²) in [6.45, 7) is 4.26. The summed E-state index contributed by atoms with van der Waals surface area (Å²) < 4.78 is 0. The molecule has 0 aromatic rings. The lowest BCUT2D eigenvalue weighted by atomic mass is 10.0. The highest BCUT2D eigenvalue weighted by Crippen LogP contribution is 2.33. The molecule has 1 atom stereocenters. The third-order valence-corrected chi connectivity index (χ3v) is 4.36. The first kappa shape index (κ1) is 17.0. The monoisotopic (exact) mass is 268 g/mol. The number of nitrogens with two attached hydrogens (primary N) is 1. The molecule has 2 heteroatoms. The van der Waals surface area contributed by atoms with Crippen molar-refractivity contribution >= 4 is 0 Å². The predicted octanol–water partition coefficient (Wildman–Crippen LogP) is 4.23. The minimum absolute atomic E-state index is 0.565. The molecule has 1 saturated carbocycles. The highest BCUT2D eigenvalue weighted by Gasteiger charge is 2.20. The second-order valence-corrected chi connectivity index (χ2v) is 6.38. The highest BCUT2D eigenvalue weighted by molar-refractivity contribution is 4.74. The van der Waals surface area contributed by atoms with Crippen LogP contribution in [0.2, 0.25) is 0 Å². The van der Waals surface area contributed by atoms with Crippen molar-refractivity contribution in [2.45, 2.75) is 90.0 Å². The number of hydrogen-bond acceptors (Lipinski definition) is 2. The van der Waals surface area contributed by atoms with Gasteiger partial charge in [-0.25, -0.2) is 0 Å². The van der Waals surface area contributed by atoms with Crippen LogP contribution in [0.4, 0.5) is 0 Å². The lowest BCUT2D eigenvalue weighted by Gasteiger charge is -2.16. The molecule has 19 heavy (non-hydrogen) atoms. The Bertz CT molecular complexity index is 190. The molecule has 0 radical (unpaired) electrons. The zero-order valence-corrected chi connectivity index (χ0v) is 13.1. The quantitative estimate of drug-likeness (QED) is 0.463. The van der Waals surface area contributed by atoms with Crippen molar-refractivity contribution in [2.24, 2.45) is 11.7 Å². The second-order valence-electron chi connectivity index (χ2n) is 6.38. The molecule has 1 rings (SSSR count).